The number of hydrogen-bond acceptors (Lipinski definition) is 4. The van der Waals surface area contributed by atoms with E-state index in [0.717, 1.165) is 11.1 Å². The van der Waals surface area contributed by atoms with E-state index in [2.05, 4.69) is 15.3 Å². The summed E-state index contributed by atoms with van der Waals surface area (Å²) in [4.78, 5) is 32.7. The molecule has 1 amide bonds. The fraction of sp³-hybridized carbons (Fsp3) is 0.0952. The first kappa shape index (κ1) is 19.3. The normalized spacial score (nSPS) is 11.0. The maximum Gasteiger partial charge on any atom is 0.278 e. The van der Waals surface area contributed by atoms with Crippen LogP contribution in [-0.2, 0) is 11.8 Å². The Labute approximate surface area is 175 Å². The van der Waals surface area contributed by atoms with Crippen LogP contribution in [0.25, 0.3) is 22.2 Å². The molecule has 6 nitrogen and oxygen atoms in total. The molecule has 2 aromatic heterocycles. The molecule has 2 aromatic carbocycles. The second kappa shape index (κ2) is 8.14. The van der Waals surface area contributed by atoms with Gasteiger partial charge in [0.2, 0.25) is 5.91 Å². The van der Waals surface area contributed by atoms with Crippen LogP contribution in [0.3, 0.4) is 0 Å². The Kier molecular flexibility index (Phi) is 5.42. The highest BCUT2D eigenvalue weighted by Gasteiger charge is 2.16. The van der Waals surface area contributed by atoms with Crippen molar-refractivity contribution >= 4 is 46.0 Å². The summed E-state index contributed by atoms with van der Waals surface area (Å²) in [5.74, 6) is -0.128. The summed E-state index contributed by atoms with van der Waals surface area (Å²) in [7, 11) is 1.64. The Balaban J connectivity index is 1.60. The molecule has 0 bridgehead atoms. The molecule has 0 unspecified atom stereocenters. The van der Waals surface area contributed by atoms with Gasteiger partial charge in [-0.2, -0.15) is 0 Å². The van der Waals surface area contributed by atoms with Gasteiger partial charge < -0.3 is 10.3 Å². The van der Waals surface area contributed by atoms with E-state index < -0.39 is 0 Å². The summed E-state index contributed by atoms with van der Waals surface area (Å²) in [6.07, 6.45) is 1.78. The summed E-state index contributed by atoms with van der Waals surface area (Å²) >= 11 is 7.28. The predicted octanol–water partition coefficient (Wildman–Crippen LogP) is 4.31. The van der Waals surface area contributed by atoms with Gasteiger partial charge >= 0.3 is 0 Å². The lowest BCUT2D eigenvalue weighted by Gasteiger charge is -2.09. The van der Waals surface area contributed by atoms with Crippen LogP contribution in [0, 0.1) is 0 Å². The number of nitrogens with one attached hydrogen (secondary N) is 2. The van der Waals surface area contributed by atoms with Gasteiger partial charge in [-0.3, -0.25) is 14.2 Å². The Bertz CT molecular complexity index is 1250. The molecule has 4 rings (SSSR count). The summed E-state index contributed by atoms with van der Waals surface area (Å²) < 4.78 is 1.45. The fourth-order valence-corrected chi connectivity index (χ4v) is 3.91. The first-order valence-electron chi connectivity index (χ1n) is 8.85. The minimum atomic E-state index is -0.227. The second-order valence-corrected chi connectivity index (χ2v) is 7.72. The number of hydrogen-bond donors (Lipinski definition) is 2. The van der Waals surface area contributed by atoms with Crippen LogP contribution >= 0.6 is 23.4 Å². The van der Waals surface area contributed by atoms with Gasteiger partial charge in [0.05, 0.1) is 16.5 Å². The van der Waals surface area contributed by atoms with Crippen molar-refractivity contribution in [3.8, 4) is 11.1 Å². The van der Waals surface area contributed by atoms with Gasteiger partial charge in [0.1, 0.15) is 11.0 Å². The number of amides is 1. The standard InChI is InChI=1S/C21H17ClN4O2S/c1-26-20(28)19-18(14(11-23-19)13-7-3-2-4-8-13)25-21(26)29-12-17(27)24-16-10-6-5-9-15(16)22/h2-11,23H,12H2,1H3,(H,24,27). The van der Waals surface area contributed by atoms with Crippen LogP contribution < -0.4 is 10.9 Å². The molecule has 0 atom stereocenters. The summed E-state index contributed by atoms with van der Waals surface area (Å²) in [6, 6.07) is 16.8. The van der Waals surface area contributed by atoms with Crippen molar-refractivity contribution in [2.45, 2.75) is 5.16 Å². The van der Waals surface area contributed by atoms with Gasteiger partial charge in [0.15, 0.2) is 5.16 Å². The van der Waals surface area contributed by atoms with E-state index in [1.54, 1.807) is 37.5 Å². The molecule has 0 aliphatic rings. The molecule has 146 valence electrons. The highest BCUT2D eigenvalue weighted by molar-refractivity contribution is 7.99. The van der Waals surface area contributed by atoms with Crippen LogP contribution in [0.1, 0.15) is 0 Å². The third-order valence-corrected chi connectivity index (χ3v) is 5.79. The molecule has 29 heavy (non-hydrogen) atoms. The van der Waals surface area contributed by atoms with Crippen molar-refractivity contribution in [1.29, 1.82) is 0 Å². The number of H-pyrrole nitrogens is 1. The summed E-state index contributed by atoms with van der Waals surface area (Å²) in [5.41, 5.74) is 3.21. The van der Waals surface area contributed by atoms with Crippen molar-refractivity contribution in [3.05, 3.63) is 76.2 Å². The number of aromatic nitrogens is 3. The molecule has 0 aliphatic heterocycles. The minimum absolute atomic E-state index is 0.0993. The predicted molar refractivity (Wildman–Crippen MR) is 118 cm³/mol. The number of anilines is 1. The number of carbonyl (C=O) groups excluding carboxylic acids is 1. The molecule has 0 saturated carbocycles. The van der Waals surface area contributed by atoms with Crippen LogP contribution in [-0.4, -0.2) is 26.2 Å². The van der Waals surface area contributed by atoms with Crippen molar-refractivity contribution in [2.75, 3.05) is 11.1 Å². The monoisotopic (exact) mass is 424 g/mol. The van der Waals surface area contributed by atoms with Crippen molar-refractivity contribution in [3.63, 3.8) is 0 Å². The average Bonchev–Trinajstić information content (AvgIpc) is 3.16. The van der Waals surface area contributed by atoms with E-state index >= 15 is 0 Å². The van der Waals surface area contributed by atoms with Crippen LogP contribution in [0.15, 0.2) is 70.7 Å². The lowest BCUT2D eigenvalue weighted by Crippen LogP contribution is -2.21. The second-order valence-electron chi connectivity index (χ2n) is 6.37. The van der Waals surface area contributed by atoms with E-state index in [1.807, 2.05) is 30.3 Å². The molecule has 0 saturated heterocycles. The van der Waals surface area contributed by atoms with E-state index in [9.17, 15) is 9.59 Å². The van der Waals surface area contributed by atoms with Gasteiger partial charge in [-0.1, -0.05) is 65.8 Å². The molecule has 2 N–H and O–H groups in total. The lowest BCUT2D eigenvalue weighted by molar-refractivity contribution is -0.113. The van der Waals surface area contributed by atoms with E-state index in [-0.39, 0.29) is 17.2 Å². The fourth-order valence-electron chi connectivity index (χ4n) is 2.97. The number of carbonyl (C=O) groups is 1. The lowest BCUT2D eigenvalue weighted by atomic mass is 10.1. The first-order chi connectivity index (χ1) is 14.0. The molecule has 4 aromatic rings. The van der Waals surface area contributed by atoms with E-state index in [1.165, 1.54) is 16.3 Å². The Morgan fingerprint density at radius 2 is 1.90 bits per heavy atom. The van der Waals surface area contributed by atoms with Crippen LogP contribution in [0.2, 0.25) is 5.02 Å². The highest BCUT2D eigenvalue weighted by atomic mass is 35.5. The smallest absolute Gasteiger partial charge is 0.278 e. The number of para-hydroxylation sites is 1. The minimum Gasteiger partial charge on any atom is -0.355 e. The third kappa shape index (κ3) is 3.92. The topological polar surface area (TPSA) is 79.8 Å². The molecule has 0 radical (unpaired) electrons. The number of benzene rings is 2. The Morgan fingerprint density at radius 1 is 1.17 bits per heavy atom. The summed E-state index contributed by atoms with van der Waals surface area (Å²) in [6.45, 7) is 0. The molecule has 0 spiro atoms. The molecular formula is C21H17ClN4O2S. The number of fused-ring (bicyclic) bond motifs is 1. The van der Waals surface area contributed by atoms with Crippen molar-refractivity contribution in [1.82, 2.24) is 14.5 Å². The Morgan fingerprint density at radius 3 is 2.66 bits per heavy atom. The van der Waals surface area contributed by atoms with Gasteiger partial charge in [-0.25, -0.2) is 4.98 Å². The van der Waals surface area contributed by atoms with Crippen molar-refractivity contribution < 1.29 is 4.79 Å². The molecule has 0 fully saturated rings. The van der Waals surface area contributed by atoms with E-state index in [0.29, 0.717) is 26.9 Å². The third-order valence-electron chi connectivity index (χ3n) is 4.43. The number of thioether (sulfide) groups is 1. The number of nitrogens with zero attached hydrogens (tertiary/aromatic N) is 2. The number of rotatable bonds is 5. The first-order valence-corrected chi connectivity index (χ1v) is 10.2. The van der Waals surface area contributed by atoms with Crippen LogP contribution in [0.5, 0.6) is 0 Å². The van der Waals surface area contributed by atoms with Crippen LogP contribution in [0.4, 0.5) is 5.69 Å². The zero-order chi connectivity index (χ0) is 20.4. The zero-order valence-electron chi connectivity index (χ0n) is 15.5. The SMILES string of the molecule is Cn1c(SCC(=O)Nc2ccccc2Cl)nc2c(-c3ccccc3)c[nH]c2c1=O. The van der Waals surface area contributed by atoms with E-state index in [4.69, 9.17) is 11.6 Å². The van der Waals surface area contributed by atoms with Gasteiger partial charge in [0, 0.05) is 18.8 Å². The molecule has 2 heterocycles. The molecule has 8 heteroatoms. The Hall–Kier alpha value is -3.03. The van der Waals surface area contributed by atoms with Crippen molar-refractivity contribution in [2.24, 2.45) is 7.05 Å². The number of aromatic amines is 1. The average molecular weight is 425 g/mol. The van der Waals surface area contributed by atoms with Gasteiger partial charge in [-0.15, -0.1) is 0 Å². The molecular weight excluding hydrogens is 408 g/mol. The largest absolute Gasteiger partial charge is 0.355 e. The maximum absolute atomic E-state index is 12.7. The number of halogens is 1. The maximum atomic E-state index is 12.7. The van der Waals surface area contributed by atoms with Gasteiger partial charge in [-0.05, 0) is 17.7 Å². The highest BCUT2D eigenvalue weighted by Crippen LogP contribution is 2.27. The zero-order valence-corrected chi connectivity index (χ0v) is 17.1. The molecule has 0 aliphatic carbocycles. The quantitative estimate of drug-likeness (QED) is 0.369. The summed E-state index contributed by atoms with van der Waals surface area (Å²) in [5, 5.41) is 3.71. The van der Waals surface area contributed by atoms with Gasteiger partial charge in [0.25, 0.3) is 5.56 Å².